The van der Waals surface area contributed by atoms with E-state index < -0.39 is 10.0 Å². The van der Waals surface area contributed by atoms with Gasteiger partial charge >= 0.3 is 0 Å². The largest absolute Gasteiger partial charge is 0.352 e. The van der Waals surface area contributed by atoms with E-state index in [1.165, 1.54) is 26.2 Å². The van der Waals surface area contributed by atoms with E-state index >= 15 is 0 Å². The van der Waals surface area contributed by atoms with E-state index in [2.05, 4.69) is 10.6 Å². The number of carbonyl (C=O) groups excluding carboxylic acids is 2. The van der Waals surface area contributed by atoms with Crippen molar-refractivity contribution in [3.8, 4) is 0 Å². The molecule has 0 heterocycles. The Morgan fingerprint density at radius 3 is 2.21 bits per heavy atom. The first-order valence-electron chi connectivity index (χ1n) is 9.37. The molecule has 0 aromatic heterocycles. The van der Waals surface area contributed by atoms with Crippen molar-refractivity contribution in [3.63, 3.8) is 0 Å². The minimum absolute atomic E-state index is 0.128. The highest BCUT2D eigenvalue weighted by molar-refractivity contribution is 7.89. The molecule has 0 radical (unpaired) electrons. The van der Waals surface area contributed by atoms with Crippen LogP contribution in [0.25, 0.3) is 0 Å². The maximum Gasteiger partial charge on any atom is 0.251 e. The van der Waals surface area contributed by atoms with Gasteiger partial charge in [0.15, 0.2) is 0 Å². The highest BCUT2D eigenvalue weighted by atomic mass is 32.2. The summed E-state index contributed by atoms with van der Waals surface area (Å²) in [6.07, 6.45) is 0.809. The number of hydrogen-bond acceptors (Lipinski definition) is 4. The minimum atomic E-state index is -3.47. The molecule has 1 unspecified atom stereocenters. The van der Waals surface area contributed by atoms with Crippen LogP contribution in [0.3, 0.4) is 0 Å². The number of benzene rings is 2. The molecule has 0 fully saturated rings. The molecule has 0 spiro atoms. The second-order valence-corrected chi connectivity index (χ2v) is 9.02. The molecule has 0 saturated carbocycles. The van der Waals surface area contributed by atoms with Crippen LogP contribution in [-0.2, 0) is 14.8 Å². The molecule has 7 nitrogen and oxygen atoms in total. The lowest BCUT2D eigenvalue weighted by Gasteiger charge is -2.16. The number of rotatable bonds is 9. The second kappa shape index (κ2) is 10.2. The number of amides is 2. The summed E-state index contributed by atoms with van der Waals surface area (Å²) in [4.78, 5) is 24.3. The van der Waals surface area contributed by atoms with E-state index in [1.54, 1.807) is 36.4 Å². The van der Waals surface area contributed by atoms with Crippen LogP contribution in [-0.4, -0.2) is 45.2 Å². The molecular formula is C21H27N3O4S. The van der Waals surface area contributed by atoms with Crippen LogP contribution in [0.1, 0.15) is 41.7 Å². The predicted octanol–water partition coefficient (Wildman–Crippen LogP) is 2.32. The van der Waals surface area contributed by atoms with Gasteiger partial charge in [-0.15, -0.1) is 0 Å². The summed E-state index contributed by atoms with van der Waals surface area (Å²) in [5.41, 5.74) is 1.40. The number of nitrogens with zero attached hydrogens (tertiary/aromatic N) is 1. The fraction of sp³-hybridized carbons (Fsp3) is 0.333. The summed E-state index contributed by atoms with van der Waals surface area (Å²) in [6, 6.07) is 15.1. The fourth-order valence-corrected chi connectivity index (χ4v) is 3.58. The van der Waals surface area contributed by atoms with Crippen LogP contribution in [0.15, 0.2) is 59.5 Å². The van der Waals surface area contributed by atoms with Crippen LogP contribution >= 0.6 is 0 Å². The minimum Gasteiger partial charge on any atom is -0.352 e. The summed E-state index contributed by atoms with van der Waals surface area (Å²) in [6.45, 7) is 2.25. The lowest BCUT2D eigenvalue weighted by atomic mass is 10.1. The first-order chi connectivity index (χ1) is 13.7. The van der Waals surface area contributed by atoms with Crippen LogP contribution in [0, 0.1) is 0 Å². The SMILES string of the molecule is CC(NC(=O)CCCNC(=O)c1ccccc1)c1ccc(S(=O)(=O)N(C)C)cc1. The normalized spacial score (nSPS) is 12.4. The zero-order valence-electron chi connectivity index (χ0n) is 16.9. The number of sulfonamides is 1. The Morgan fingerprint density at radius 2 is 1.62 bits per heavy atom. The van der Waals surface area contributed by atoms with Crippen molar-refractivity contribution >= 4 is 21.8 Å². The Morgan fingerprint density at radius 1 is 1.00 bits per heavy atom. The van der Waals surface area contributed by atoms with Gasteiger partial charge in [0, 0.05) is 32.6 Å². The predicted molar refractivity (Wildman–Crippen MR) is 112 cm³/mol. The molecule has 0 aliphatic carbocycles. The third-order valence-electron chi connectivity index (χ3n) is 4.44. The van der Waals surface area contributed by atoms with Crippen molar-refractivity contribution in [2.45, 2.75) is 30.7 Å². The molecular weight excluding hydrogens is 390 g/mol. The molecule has 2 N–H and O–H groups in total. The van der Waals surface area contributed by atoms with Crippen molar-refractivity contribution in [3.05, 3.63) is 65.7 Å². The Bertz CT molecular complexity index is 926. The number of carbonyl (C=O) groups is 2. The van der Waals surface area contributed by atoms with Crippen LogP contribution < -0.4 is 10.6 Å². The quantitative estimate of drug-likeness (QED) is 0.612. The van der Waals surface area contributed by atoms with Crippen LogP contribution in [0.2, 0.25) is 0 Å². The standard InChI is InChI=1S/C21H27N3O4S/c1-16(17-11-13-19(14-12-17)29(27,28)24(2)3)23-20(25)10-7-15-22-21(26)18-8-5-4-6-9-18/h4-6,8-9,11-14,16H,7,10,15H2,1-3H3,(H,22,26)(H,23,25). The van der Waals surface area contributed by atoms with Gasteiger partial charge in [-0.25, -0.2) is 12.7 Å². The Kier molecular flexibility index (Phi) is 7.92. The van der Waals surface area contributed by atoms with E-state index in [0.717, 1.165) is 9.87 Å². The van der Waals surface area contributed by atoms with Crippen molar-refractivity contribution in [2.24, 2.45) is 0 Å². The first kappa shape index (κ1) is 22.6. The van der Waals surface area contributed by atoms with Crippen LogP contribution in [0.4, 0.5) is 0 Å². The van der Waals surface area contributed by atoms with E-state index in [-0.39, 0.29) is 29.2 Å². The molecule has 156 valence electrons. The summed E-state index contributed by atoms with van der Waals surface area (Å²) in [7, 11) is -0.512. The summed E-state index contributed by atoms with van der Waals surface area (Å²) in [5, 5.41) is 5.67. The molecule has 2 amide bonds. The summed E-state index contributed by atoms with van der Waals surface area (Å²) < 4.78 is 25.4. The maximum absolute atomic E-state index is 12.1. The molecule has 29 heavy (non-hydrogen) atoms. The van der Waals surface area contributed by atoms with E-state index in [1.807, 2.05) is 13.0 Å². The summed E-state index contributed by atoms with van der Waals surface area (Å²) >= 11 is 0. The van der Waals surface area contributed by atoms with E-state index in [4.69, 9.17) is 0 Å². The number of hydrogen-bond donors (Lipinski definition) is 2. The topological polar surface area (TPSA) is 95.6 Å². The smallest absolute Gasteiger partial charge is 0.251 e. The molecule has 2 rings (SSSR count). The molecule has 0 bridgehead atoms. The van der Waals surface area contributed by atoms with Gasteiger partial charge in [0.2, 0.25) is 15.9 Å². The third-order valence-corrected chi connectivity index (χ3v) is 6.27. The first-order valence-corrected chi connectivity index (χ1v) is 10.8. The molecule has 2 aromatic carbocycles. The molecule has 8 heteroatoms. The zero-order valence-corrected chi connectivity index (χ0v) is 17.7. The Balaban J connectivity index is 1.78. The molecule has 0 saturated heterocycles. The van der Waals surface area contributed by atoms with Gasteiger partial charge in [0.25, 0.3) is 5.91 Å². The zero-order chi connectivity index (χ0) is 21.4. The van der Waals surface area contributed by atoms with Crippen molar-refractivity contribution in [2.75, 3.05) is 20.6 Å². The van der Waals surface area contributed by atoms with Gasteiger partial charge in [-0.1, -0.05) is 30.3 Å². The lowest BCUT2D eigenvalue weighted by Crippen LogP contribution is -2.29. The molecule has 0 aliphatic heterocycles. The molecule has 1 atom stereocenters. The maximum atomic E-state index is 12.1. The van der Waals surface area contributed by atoms with Crippen molar-refractivity contribution < 1.29 is 18.0 Å². The van der Waals surface area contributed by atoms with Gasteiger partial charge in [-0.05, 0) is 43.2 Å². The van der Waals surface area contributed by atoms with Crippen molar-refractivity contribution in [1.82, 2.24) is 14.9 Å². The Hall–Kier alpha value is -2.71. The van der Waals surface area contributed by atoms with Gasteiger partial charge in [0.1, 0.15) is 0 Å². The highest BCUT2D eigenvalue weighted by Gasteiger charge is 2.17. The summed E-state index contributed by atoms with van der Waals surface area (Å²) in [5.74, 6) is -0.288. The van der Waals surface area contributed by atoms with Crippen molar-refractivity contribution in [1.29, 1.82) is 0 Å². The lowest BCUT2D eigenvalue weighted by molar-refractivity contribution is -0.121. The highest BCUT2D eigenvalue weighted by Crippen LogP contribution is 2.18. The van der Waals surface area contributed by atoms with E-state index in [0.29, 0.717) is 18.5 Å². The molecule has 2 aromatic rings. The molecule has 0 aliphatic rings. The fourth-order valence-electron chi connectivity index (χ4n) is 2.68. The second-order valence-electron chi connectivity index (χ2n) is 6.87. The third kappa shape index (κ3) is 6.40. The number of nitrogens with one attached hydrogen (secondary N) is 2. The van der Waals surface area contributed by atoms with Crippen LogP contribution in [0.5, 0.6) is 0 Å². The van der Waals surface area contributed by atoms with Gasteiger partial charge in [-0.3, -0.25) is 9.59 Å². The monoisotopic (exact) mass is 417 g/mol. The van der Waals surface area contributed by atoms with Gasteiger partial charge < -0.3 is 10.6 Å². The average molecular weight is 418 g/mol. The Labute approximate surface area is 172 Å². The average Bonchev–Trinajstić information content (AvgIpc) is 2.71. The van der Waals surface area contributed by atoms with E-state index in [9.17, 15) is 18.0 Å². The van der Waals surface area contributed by atoms with Gasteiger partial charge in [0.05, 0.1) is 10.9 Å². The van der Waals surface area contributed by atoms with Gasteiger partial charge in [-0.2, -0.15) is 0 Å².